The van der Waals surface area contributed by atoms with Crippen LogP contribution in [0.15, 0.2) is 22.7 Å². The number of hydrogen-bond acceptors (Lipinski definition) is 3. The largest absolute Gasteiger partial charge is 0.396 e. The van der Waals surface area contributed by atoms with Crippen LogP contribution in [-0.4, -0.2) is 17.8 Å². The molecule has 0 saturated carbocycles. The van der Waals surface area contributed by atoms with Crippen molar-refractivity contribution < 1.29 is 5.11 Å². The Kier molecular flexibility index (Phi) is 4.60. The van der Waals surface area contributed by atoms with E-state index in [4.69, 9.17) is 10.4 Å². The number of benzene rings is 1. The maximum absolute atomic E-state index is 8.97. The average molecular weight is 269 g/mol. The molecular weight excluding hydrogens is 256 g/mol. The number of aliphatic hydroxyl groups excluding tert-OH is 1. The van der Waals surface area contributed by atoms with Crippen LogP contribution in [0.1, 0.15) is 18.9 Å². The van der Waals surface area contributed by atoms with Gasteiger partial charge in [-0.2, -0.15) is 5.26 Å². The first-order valence-corrected chi connectivity index (χ1v) is 5.54. The number of aliphatic hydroxyl groups is 1. The van der Waals surface area contributed by atoms with Crippen molar-refractivity contribution >= 4 is 21.6 Å². The van der Waals surface area contributed by atoms with Crippen LogP contribution in [0.25, 0.3) is 0 Å². The summed E-state index contributed by atoms with van der Waals surface area (Å²) in [6, 6.07) is 7.85. The molecule has 0 spiro atoms. The van der Waals surface area contributed by atoms with Gasteiger partial charge in [-0.3, -0.25) is 0 Å². The summed E-state index contributed by atoms with van der Waals surface area (Å²) < 4.78 is 0.784. The molecule has 0 aliphatic carbocycles. The van der Waals surface area contributed by atoms with Gasteiger partial charge in [-0.1, -0.05) is 6.07 Å². The summed E-state index contributed by atoms with van der Waals surface area (Å²) in [5, 5.41) is 20.9. The summed E-state index contributed by atoms with van der Waals surface area (Å²) in [4.78, 5) is 0. The minimum absolute atomic E-state index is 0.143. The molecule has 0 bridgehead atoms. The van der Waals surface area contributed by atoms with Gasteiger partial charge in [-0.25, -0.2) is 0 Å². The normalized spacial score (nSPS) is 11.9. The Morgan fingerprint density at radius 2 is 2.33 bits per heavy atom. The molecule has 1 aromatic carbocycles. The van der Waals surface area contributed by atoms with Crippen LogP contribution in [0.5, 0.6) is 0 Å². The Balaban J connectivity index is 2.86. The third-order valence-electron chi connectivity index (χ3n) is 2.09. The van der Waals surface area contributed by atoms with Crippen molar-refractivity contribution in [1.29, 1.82) is 5.26 Å². The lowest BCUT2D eigenvalue weighted by atomic mass is 10.1. The molecule has 0 amide bonds. The quantitative estimate of drug-likeness (QED) is 0.883. The standard InChI is InChI=1S/C11H13BrN2O/c1-8(5-6-15)14-11-4-2-3-10(12)9(11)7-13/h2-4,8,14-15H,5-6H2,1H3. The Bertz CT molecular complexity index is 373. The Hall–Kier alpha value is -1.05. The molecule has 1 atom stereocenters. The van der Waals surface area contributed by atoms with E-state index in [0.29, 0.717) is 12.0 Å². The van der Waals surface area contributed by atoms with Crippen LogP contribution in [-0.2, 0) is 0 Å². The zero-order chi connectivity index (χ0) is 11.3. The Labute approximate surface area is 97.9 Å². The summed E-state index contributed by atoms with van der Waals surface area (Å²) >= 11 is 3.32. The Morgan fingerprint density at radius 1 is 1.60 bits per heavy atom. The predicted octanol–water partition coefficient (Wildman–Crippen LogP) is 2.50. The maximum Gasteiger partial charge on any atom is 0.103 e. The average Bonchev–Trinajstić information content (AvgIpc) is 2.18. The third-order valence-corrected chi connectivity index (χ3v) is 2.75. The highest BCUT2D eigenvalue weighted by Crippen LogP contribution is 2.24. The predicted molar refractivity (Wildman–Crippen MR) is 63.6 cm³/mol. The van der Waals surface area contributed by atoms with Gasteiger partial charge in [0, 0.05) is 17.1 Å². The third kappa shape index (κ3) is 3.22. The summed E-state index contributed by atoms with van der Waals surface area (Å²) in [5.74, 6) is 0. The van der Waals surface area contributed by atoms with Crippen LogP contribution in [0.2, 0.25) is 0 Å². The monoisotopic (exact) mass is 268 g/mol. The van der Waals surface area contributed by atoms with Crippen molar-refractivity contribution in [3.63, 3.8) is 0 Å². The first-order valence-electron chi connectivity index (χ1n) is 4.75. The summed E-state index contributed by atoms with van der Waals surface area (Å²) in [6.45, 7) is 2.11. The van der Waals surface area contributed by atoms with Crippen molar-refractivity contribution in [2.75, 3.05) is 11.9 Å². The minimum Gasteiger partial charge on any atom is -0.396 e. The fourth-order valence-corrected chi connectivity index (χ4v) is 1.74. The number of nitriles is 1. The lowest BCUT2D eigenvalue weighted by molar-refractivity contribution is 0.282. The van der Waals surface area contributed by atoms with E-state index in [1.807, 2.05) is 25.1 Å². The van der Waals surface area contributed by atoms with E-state index in [9.17, 15) is 0 Å². The van der Waals surface area contributed by atoms with Crippen LogP contribution in [0.3, 0.4) is 0 Å². The number of nitrogens with one attached hydrogen (secondary N) is 1. The van der Waals surface area contributed by atoms with Crippen molar-refractivity contribution in [1.82, 2.24) is 0 Å². The first kappa shape index (κ1) is 12.0. The van der Waals surface area contributed by atoms with Gasteiger partial charge in [-0.05, 0) is 41.4 Å². The molecule has 1 rings (SSSR count). The fourth-order valence-electron chi connectivity index (χ4n) is 1.29. The first-order chi connectivity index (χ1) is 7.19. The van der Waals surface area contributed by atoms with E-state index < -0.39 is 0 Å². The molecule has 0 aliphatic heterocycles. The van der Waals surface area contributed by atoms with Gasteiger partial charge >= 0.3 is 0 Å². The SMILES string of the molecule is CC(CCO)Nc1cccc(Br)c1C#N. The molecule has 0 aromatic heterocycles. The molecule has 1 aromatic rings. The Morgan fingerprint density at radius 3 is 2.93 bits per heavy atom. The highest BCUT2D eigenvalue weighted by atomic mass is 79.9. The van der Waals surface area contributed by atoms with Crippen molar-refractivity contribution in [2.45, 2.75) is 19.4 Å². The fraction of sp³-hybridized carbons (Fsp3) is 0.364. The topological polar surface area (TPSA) is 56.0 Å². The molecule has 2 N–H and O–H groups in total. The molecule has 0 fully saturated rings. The van der Waals surface area contributed by atoms with E-state index in [0.717, 1.165) is 10.2 Å². The van der Waals surface area contributed by atoms with Gasteiger partial charge in [0.1, 0.15) is 6.07 Å². The van der Waals surface area contributed by atoms with Crippen LogP contribution < -0.4 is 5.32 Å². The summed E-state index contributed by atoms with van der Waals surface area (Å²) in [7, 11) is 0. The molecule has 0 heterocycles. The minimum atomic E-state index is 0.143. The van der Waals surface area contributed by atoms with Gasteiger partial charge in [0.15, 0.2) is 0 Å². The number of rotatable bonds is 4. The summed E-state index contributed by atoms with van der Waals surface area (Å²) in [5.41, 5.74) is 1.40. The number of nitrogens with zero attached hydrogens (tertiary/aromatic N) is 1. The molecule has 0 aliphatic rings. The van der Waals surface area contributed by atoms with E-state index >= 15 is 0 Å². The van der Waals surface area contributed by atoms with E-state index in [2.05, 4.69) is 27.3 Å². The second-order valence-corrected chi connectivity index (χ2v) is 4.19. The molecule has 4 heteroatoms. The molecule has 0 saturated heterocycles. The van der Waals surface area contributed by atoms with Crippen molar-refractivity contribution in [3.8, 4) is 6.07 Å². The van der Waals surface area contributed by atoms with E-state index in [1.54, 1.807) is 0 Å². The van der Waals surface area contributed by atoms with Gasteiger partial charge < -0.3 is 10.4 Å². The van der Waals surface area contributed by atoms with E-state index in [-0.39, 0.29) is 12.6 Å². The maximum atomic E-state index is 8.97. The van der Waals surface area contributed by atoms with Crippen LogP contribution >= 0.6 is 15.9 Å². The van der Waals surface area contributed by atoms with Gasteiger partial charge in [0.25, 0.3) is 0 Å². The molecule has 1 unspecified atom stereocenters. The second-order valence-electron chi connectivity index (χ2n) is 3.33. The lowest BCUT2D eigenvalue weighted by Gasteiger charge is -2.15. The molecular formula is C11H13BrN2O. The molecule has 0 radical (unpaired) electrons. The van der Waals surface area contributed by atoms with Gasteiger partial charge in [0.2, 0.25) is 0 Å². The van der Waals surface area contributed by atoms with Gasteiger partial charge in [0.05, 0.1) is 11.3 Å². The van der Waals surface area contributed by atoms with Crippen LogP contribution in [0.4, 0.5) is 5.69 Å². The smallest absolute Gasteiger partial charge is 0.103 e. The zero-order valence-electron chi connectivity index (χ0n) is 8.50. The highest BCUT2D eigenvalue weighted by molar-refractivity contribution is 9.10. The van der Waals surface area contributed by atoms with Crippen LogP contribution in [0, 0.1) is 11.3 Å². The van der Waals surface area contributed by atoms with E-state index in [1.165, 1.54) is 0 Å². The second kappa shape index (κ2) is 5.74. The highest BCUT2D eigenvalue weighted by Gasteiger charge is 2.08. The number of anilines is 1. The van der Waals surface area contributed by atoms with Crippen molar-refractivity contribution in [3.05, 3.63) is 28.2 Å². The molecule has 3 nitrogen and oxygen atoms in total. The number of halogens is 1. The summed E-state index contributed by atoms with van der Waals surface area (Å²) in [6.07, 6.45) is 0.664. The van der Waals surface area contributed by atoms with Crippen molar-refractivity contribution in [2.24, 2.45) is 0 Å². The molecule has 15 heavy (non-hydrogen) atoms. The lowest BCUT2D eigenvalue weighted by Crippen LogP contribution is -2.17. The molecule has 80 valence electrons. The number of hydrogen-bond donors (Lipinski definition) is 2. The zero-order valence-corrected chi connectivity index (χ0v) is 10.1. The van der Waals surface area contributed by atoms with Gasteiger partial charge in [-0.15, -0.1) is 0 Å².